The molecular weight excluding hydrogens is 405 g/mol. The first-order valence-electron chi connectivity index (χ1n) is 8.45. The molecule has 146 valence electrons. The summed E-state index contributed by atoms with van der Waals surface area (Å²) in [4.78, 5) is 17.6. The molecule has 1 N–H and O–H groups in total. The van der Waals surface area contributed by atoms with E-state index in [-0.39, 0.29) is 21.7 Å². The van der Waals surface area contributed by atoms with Crippen molar-refractivity contribution in [3.63, 3.8) is 0 Å². The van der Waals surface area contributed by atoms with Crippen LogP contribution in [0.5, 0.6) is 5.75 Å². The lowest BCUT2D eigenvalue weighted by atomic mass is 10.3. The Morgan fingerprint density at radius 3 is 2.79 bits per heavy atom. The van der Waals surface area contributed by atoms with Gasteiger partial charge in [-0.1, -0.05) is 11.3 Å². The SMILES string of the molecule is COc1ccc(N2CCCC2=O)cc1S(=O)(=O)Nc1nc2ccc(F)cc2s1. The molecule has 1 aromatic heterocycles. The van der Waals surface area contributed by atoms with Crippen molar-refractivity contribution < 1.29 is 22.3 Å². The number of rotatable bonds is 5. The van der Waals surface area contributed by atoms with E-state index < -0.39 is 15.8 Å². The van der Waals surface area contributed by atoms with Gasteiger partial charge in [0.1, 0.15) is 16.5 Å². The predicted molar refractivity (Wildman–Crippen MR) is 105 cm³/mol. The number of benzene rings is 2. The Kier molecular flexibility index (Phi) is 4.68. The molecule has 28 heavy (non-hydrogen) atoms. The quantitative estimate of drug-likeness (QED) is 0.682. The molecule has 0 aliphatic carbocycles. The number of ether oxygens (including phenoxy) is 1. The number of hydrogen-bond acceptors (Lipinski definition) is 6. The van der Waals surface area contributed by atoms with Crippen molar-refractivity contribution in [2.24, 2.45) is 0 Å². The summed E-state index contributed by atoms with van der Waals surface area (Å²) >= 11 is 1.03. The molecule has 1 saturated heterocycles. The minimum Gasteiger partial charge on any atom is -0.495 e. The number of aromatic nitrogens is 1. The zero-order valence-electron chi connectivity index (χ0n) is 14.8. The summed E-state index contributed by atoms with van der Waals surface area (Å²) in [5.41, 5.74) is 0.988. The first-order chi connectivity index (χ1) is 13.4. The molecule has 0 unspecified atom stereocenters. The van der Waals surface area contributed by atoms with E-state index >= 15 is 0 Å². The number of fused-ring (bicyclic) bond motifs is 1. The lowest BCUT2D eigenvalue weighted by Gasteiger charge is -2.18. The number of sulfonamides is 1. The van der Waals surface area contributed by atoms with Gasteiger partial charge in [0.15, 0.2) is 5.13 Å². The van der Waals surface area contributed by atoms with Crippen LogP contribution in [-0.4, -0.2) is 33.0 Å². The standard InChI is InChI=1S/C18H16FN3O4S2/c1-26-14-7-5-12(22-8-2-3-17(22)23)10-16(14)28(24,25)21-18-20-13-6-4-11(19)9-15(13)27-18/h4-7,9-10H,2-3,8H2,1H3,(H,20,21). The smallest absolute Gasteiger partial charge is 0.267 e. The second-order valence-corrected chi connectivity index (χ2v) is 8.90. The number of nitrogens with zero attached hydrogens (tertiary/aromatic N) is 2. The maximum Gasteiger partial charge on any atom is 0.267 e. The fourth-order valence-corrected chi connectivity index (χ4v) is 5.39. The van der Waals surface area contributed by atoms with E-state index in [1.54, 1.807) is 11.0 Å². The maximum absolute atomic E-state index is 13.4. The predicted octanol–water partition coefficient (Wildman–Crippen LogP) is 3.37. The molecule has 0 radical (unpaired) electrons. The Hall–Kier alpha value is -2.72. The topological polar surface area (TPSA) is 88.6 Å². The van der Waals surface area contributed by atoms with Gasteiger partial charge in [-0.15, -0.1) is 0 Å². The van der Waals surface area contributed by atoms with Gasteiger partial charge in [0.25, 0.3) is 10.0 Å². The van der Waals surface area contributed by atoms with Gasteiger partial charge < -0.3 is 9.64 Å². The molecule has 10 heteroatoms. The maximum atomic E-state index is 13.4. The van der Waals surface area contributed by atoms with Crippen LogP contribution in [0.2, 0.25) is 0 Å². The average Bonchev–Trinajstić information content (AvgIpc) is 3.25. The highest BCUT2D eigenvalue weighted by Gasteiger charge is 2.26. The Morgan fingerprint density at radius 1 is 1.25 bits per heavy atom. The summed E-state index contributed by atoms with van der Waals surface area (Å²) in [5, 5.41) is 0.116. The van der Waals surface area contributed by atoms with Crippen molar-refractivity contribution in [2.45, 2.75) is 17.7 Å². The molecule has 2 heterocycles. The number of nitrogens with one attached hydrogen (secondary N) is 1. The van der Waals surface area contributed by atoms with Crippen molar-refractivity contribution in [1.29, 1.82) is 0 Å². The number of hydrogen-bond donors (Lipinski definition) is 1. The second-order valence-electron chi connectivity index (χ2n) is 6.22. The first-order valence-corrected chi connectivity index (χ1v) is 10.7. The van der Waals surface area contributed by atoms with Crippen LogP contribution in [0, 0.1) is 5.82 Å². The van der Waals surface area contributed by atoms with E-state index in [0.717, 1.165) is 17.8 Å². The Bertz CT molecular complexity index is 1180. The summed E-state index contributed by atoms with van der Waals surface area (Å²) in [6, 6.07) is 8.63. The highest BCUT2D eigenvalue weighted by atomic mass is 32.2. The number of carbonyl (C=O) groups excluding carboxylic acids is 1. The monoisotopic (exact) mass is 421 g/mol. The van der Waals surface area contributed by atoms with Gasteiger partial charge in [-0.25, -0.2) is 17.8 Å². The van der Waals surface area contributed by atoms with Gasteiger partial charge in [0.2, 0.25) is 5.91 Å². The van der Waals surface area contributed by atoms with Crippen LogP contribution in [-0.2, 0) is 14.8 Å². The minimum absolute atomic E-state index is 0.0466. The van der Waals surface area contributed by atoms with Crippen molar-refractivity contribution in [3.05, 3.63) is 42.2 Å². The Balaban J connectivity index is 1.71. The molecule has 0 atom stereocenters. The van der Waals surface area contributed by atoms with Crippen LogP contribution in [0.15, 0.2) is 41.3 Å². The molecule has 1 aliphatic heterocycles. The van der Waals surface area contributed by atoms with E-state index in [1.165, 1.54) is 37.4 Å². The fourth-order valence-electron chi connectivity index (χ4n) is 3.08. The number of anilines is 2. The number of thiazole rings is 1. The van der Waals surface area contributed by atoms with Crippen LogP contribution >= 0.6 is 11.3 Å². The molecule has 4 rings (SSSR count). The van der Waals surface area contributed by atoms with Gasteiger partial charge in [-0.3, -0.25) is 9.52 Å². The molecule has 1 fully saturated rings. The number of amides is 1. The van der Waals surface area contributed by atoms with Crippen molar-refractivity contribution >= 4 is 48.3 Å². The first kappa shape index (κ1) is 18.6. The Morgan fingerprint density at radius 2 is 2.07 bits per heavy atom. The van der Waals surface area contributed by atoms with E-state index in [2.05, 4.69) is 9.71 Å². The lowest BCUT2D eigenvalue weighted by molar-refractivity contribution is -0.117. The van der Waals surface area contributed by atoms with E-state index in [1.807, 2.05) is 0 Å². The molecule has 3 aromatic rings. The van der Waals surface area contributed by atoms with E-state index in [0.29, 0.717) is 28.9 Å². The molecule has 2 aromatic carbocycles. The third kappa shape index (κ3) is 3.40. The Labute approximate surface area is 164 Å². The van der Waals surface area contributed by atoms with Gasteiger partial charge in [-0.2, -0.15) is 0 Å². The van der Waals surface area contributed by atoms with Crippen LogP contribution in [0.3, 0.4) is 0 Å². The van der Waals surface area contributed by atoms with Crippen LogP contribution < -0.4 is 14.4 Å². The van der Waals surface area contributed by atoms with E-state index in [9.17, 15) is 17.6 Å². The van der Waals surface area contributed by atoms with Gasteiger partial charge in [-0.05, 0) is 42.8 Å². The molecule has 0 saturated carbocycles. The molecule has 1 amide bonds. The molecule has 7 nitrogen and oxygen atoms in total. The van der Waals surface area contributed by atoms with Crippen molar-refractivity contribution in [1.82, 2.24) is 4.98 Å². The number of halogens is 1. The summed E-state index contributed by atoms with van der Waals surface area (Å²) in [7, 11) is -2.67. The number of carbonyl (C=O) groups is 1. The zero-order valence-corrected chi connectivity index (χ0v) is 16.4. The van der Waals surface area contributed by atoms with Crippen LogP contribution in [0.1, 0.15) is 12.8 Å². The molecular formula is C18H16FN3O4S2. The highest BCUT2D eigenvalue weighted by molar-refractivity contribution is 7.93. The molecule has 0 spiro atoms. The fraction of sp³-hybridized carbons (Fsp3) is 0.222. The van der Waals surface area contributed by atoms with Gasteiger partial charge >= 0.3 is 0 Å². The zero-order chi connectivity index (χ0) is 19.9. The third-order valence-electron chi connectivity index (χ3n) is 4.39. The highest BCUT2D eigenvalue weighted by Crippen LogP contribution is 2.33. The number of methoxy groups -OCH3 is 1. The van der Waals surface area contributed by atoms with Gasteiger partial charge in [0, 0.05) is 18.7 Å². The van der Waals surface area contributed by atoms with Crippen molar-refractivity contribution in [2.75, 3.05) is 23.3 Å². The summed E-state index contributed by atoms with van der Waals surface area (Å²) in [5.74, 6) is -0.320. The average molecular weight is 421 g/mol. The second kappa shape index (κ2) is 7.02. The summed E-state index contributed by atoms with van der Waals surface area (Å²) < 4.78 is 47.5. The van der Waals surface area contributed by atoms with Gasteiger partial charge in [0.05, 0.1) is 17.3 Å². The summed E-state index contributed by atoms with van der Waals surface area (Å²) in [6.45, 7) is 0.543. The van der Waals surface area contributed by atoms with Crippen molar-refractivity contribution in [3.8, 4) is 5.75 Å². The largest absolute Gasteiger partial charge is 0.495 e. The van der Waals surface area contributed by atoms with Crippen LogP contribution in [0.25, 0.3) is 10.2 Å². The molecule has 0 bridgehead atoms. The third-order valence-corrected chi connectivity index (χ3v) is 6.82. The van der Waals surface area contributed by atoms with E-state index in [4.69, 9.17) is 4.74 Å². The van der Waals surface area contributed by atoms with Crippen LogP contribution in [0.4, 0.5) is 15.2 Å². The normalized spacial score (nSPS) is 14.6. The summed E-state index contributed by atoms with van der Waals surface area (Å²) in [6.07, 6.45) is 1.17. The molecule has 1 aliphatic rings. The minimum atomic E-state index is -4.04. The lowest BCUT2D eigenvalue weighted by Crippen LogP contribution is -2.24.